The van der Waals surface area contributed by atoms with Crippen molar-refractivity contribution < 1.29 is 23.9 Å². The van der Waals surface area contributed by atoms with Crippen LogP contribution in [0.5, 0.6) is 0 Å². The fourth-order valence-corrected chi connectivity index (χ4v) is 2.51. The molecule has 2 atom stereocenters. The van der Waals surface area contributed by atoms with Gasteiger partial charge in [0.1, 0.15) is 17.8 Å². The van der Waals surface area contributed by atoms with Crippen LogP contribution in [0.15, 0.2) is 23.0 Å². The summed E-state index contributed by atoms with van der Waals surface area (Å²) >= 11 is 0. The predicted octanol–water partition coefficient (Wildman–Crippen LogP) is 0.864. The van der Waals surface area contributed by atoms with Gasteiger partial charge in [0.15, 0.2) is 0 Å². The van der Waals surface area contributed by atoms with Gasteiger partial charge in [0.25, 0.3) is 5.91 Å². The van der Waals surface area contributed by atoms with E-state index >= 15 is 0 Å². The smallest absolute Gasteiger partial charge is 0.329 e. The lowest BCUT2D eigenvalue weighted by atomic mass is 9.99. The zero-order chi connectivity index (χ0) is 15.6. The van der Waals surface area contributed by atoms with Gasteiger partial charge in [-0.25, -0.2) is 4.79 Å². The Balaban J connectivity index is 2.06. The Kier molecular flexibility index (Phi) is 4.02. The second-order valence-corrected chi connectivity index (χ2v) is 5.38. The van der Waals surface area contributed by atoms with E-state index in [0.717, 1.165) is 0 Å². The minimum Gasteiger partial charge on any atom is -0.480 e. The number of hydrogen-bond acceptors (Lipinski definition) is 4. The number of likely N-dealkylation sites (tertiary alicyclic amines) is 1. The summed E-state index contributed by atoms with van der Waals surface area (Å²) in [6, 6.07) is 0.688. The van der Waals surface area contributed by atoms with Gasteiger partial charge < -0.3 is 19.7 Å². The standard InChI is InChI=1S/C14H18N2O5/c1-9(15-11(17)10-4-7-21-8-10)12(18)16-6-3-5-14(16,2)13(19)20/h4,7-9H,3,5-6H2,1-2H3,(H,15,17)(H,19,20). The van der Waals surface area contributed by atoms with Crippen LogP contribution in [0.4, 0.5) is 0 Å². The lowest BCUT2D eigenvalue weighted by molar-refractivity contribution is -0.155. The van der Waals surface area contributed by atoms with E-state index in [1.54, 1.807) is 6.92 Å². The first kappa shape index (κ1) is 15.1. The van der Waals surface area contributed by atoms with Crippen molar-refractivity contribution in [3.63, 3.8) is 0 Å². The molecule has 114 valence electrons. The summed E-state index contributed by atoms with van der Waals surface area (Å²) in [5.41, 5.74) is -0.886. The molecule has 2 N–H and O–H groups in total. The Morgan fingerprint density at radius 3 is 2.76 bits per heavy atom. The van der Waals surface area contributed by atoms with Crippen LogP contribution >= 0.6 is 0 Å². The molecule has 1 aromatic rings. The van der Waals surface area contributed by atoms with Crippen LogP contribution in [0.2, 0.25) is 0 Å². The van der Waals surface area contributed by atoms with Crippen molar-refractivity contribution in [2.24, 2.45) is 0 Å². The highest BCUT2D eigenvalue weighted by Crippen LogP contribution is 2.29. The molecule has 1 fully saturated rings. The summed E-state index contributed by atoms with van der Waals surface area (Å²) in [4.78, 5) is 37.0. The molecule has 2 amide bonds. The average Bonchev–Trinajstić information content (AvgIpc) is 3.07. The van der Waals surface area contributed by atoms with Gasteiger partial charge in [0, 0.05) is 6.54 Å². The van der Waals surface area contributed by atoms with Crippen LogP contribution in [0.25, 0.3) is 0 Å². The number of nitrogens with zero attached hydrogens (tertiary/aromatic N) is 1. The van der Waals surface area contributed by atoms with Crippen molar-refractivity contribution >= 4 is 17.8 Å². The topological polar surface area (TPSA) is 99.9 Å². The number of nitrogens with one attached hydrogen (secondary N) is 1. The molecule has 0 radical (unpaired) electrons. The maximum atomic E-state index is 12.4. The first-order valence-electron chi connectivity index (χ1n) is 6.74. The fraction of sp³-hybridized carbons (Fsp3) is 0.500. The van der Waals surface area contributed by atoms with Gasteiger partial charge in [-0.2, -0.15) is 0 Å². The SMILES string of the molecule is CC(NC(=O)c1ccoc1)C(=O)N1CCCC1(C)C(=O)O. The third-order valence-corrected chi connectivity index (χ3v) is 3.87. The molecule has 2 rings (SSSR count). The maximum absolute atomic E-state index is 12.4. The normalized spacial score (nSPS) is 22.9. The molecule has 7 heteroatoms. The molecule has 0 saturated carbocycles. The van der Waals surface area contributed by atoms with E-state index in [2.05, 4.69) is 5.32 Å². The maximum Gasteiger partial charge on any atom is 0.329 e. The van der Waals surface area contributed by atoms with E-state index in [-0.39, 0.29) is 0 Å². The molecule has 0 aliphatic carbocycles. The molecule has 2 heterocycles. The quantitative estimate of drug-likeness (QED) is 0.858. The van der Waals surface area contributed by atoms with Gasteiger partial charge >= 0.3 is 5.97 Å². The average molecular weight is 294 g/mol. The Labute approximate surface area is 121 Å². The van der Waals surface area contributed by atoms with Gasteiger partial charge in [0.05, 0.1) is 11.8 Å². The molecule has 21 heavy (non-hydrogen) atoms. The van der Waals surface area contributed by atoms with Crippen molar-refractivity contribution in [2.75, 3.05) is 6.54 Å². The van der Waals surface area contributed by atoms with Crippen molar-refractivity contribution in [1.82, 2.24) is 10.2 Å². The van der Waals surface area contributed by atoms with Crippen molar-refractivity contribution in [3.8, 4) is 0 Å². The monoisotopic (exact) mass is 294 g/mol. The number of furan rings is 1. The van der Waals surface area contributed by atoms with Gasteiger partial charge in [-0.3, -0.25) is 9.59 Å². The van der Waals surface area contributed by atoms with Crippen LogP contribution < -0.4 is 5.32 Å². The minimum atomic E-state index is -1.20. The number of hydrogen-bond donors (Lipinski definition) is 2. The number of aliphatic carboxylic acids is 1. The number of rotatable bonds is 4. The van der Waals surface area contributed by atoms with E-state index in [0.29, 0.717) is 24.9 Å². The summed E-state index contributed by atoms with van der Waals surface area (Å²) in [7, 11) is 0. The number of carboxylic acid groups (broad SMARTS) is 1. The highest BCUT2D eigenvalue weighted by atomic mass is 16.4. The largest absolute Gasteiger partial charge is 0.480 e. The van der Waals surface area contributed by atoms with Crippen LogP contribution in [0, 0.1) is 0 Å². The predicted molar refractivity (Wildman–Crippen MR) is 72.6 cm³/mol. The number of amides is 2. The van der Waals surface area contributed by atoms with E-state index in [4.69, 9.17) is 4.42 Å². The third-order valence-electron chi connectivity index (χ3n) is 3.87. The van der Waals surface area contributed by atoms with Crippen molar-refractivity contribution in [2.45, 2.75) is 38.3 Å². The summed E-state index contributed by atoms with van der Waals surface area (Å²) in [6.45, 7) is 3.46. The second-order valence-electron chi connectivity index (χ2n) is 5.38. The molecule has 1 saturated heterocycles. The van der Waals surface area contributed by atoms with E-state index in [9.17, 15) is 19.5 Å². The Hall–Kier alpha value is -2.31. The zero-order valence-electron chi connectivity index (χ0n) is 12.0. The highest BCUT2D eigenvalue weighted by molar-refractivity contribution is 5.98. The molecule has 0 bridgehead atoms. The Bertz CT molecular complexity index is 554. The molecular weight excluding hydrogens is 276 g/mol. The summed E-state index contributed by atoms with van der Waals surface area (Å²) < 4.78 is 4.81. The summed E-state index contributed by atoms with van der Waals surface area (Å²) in [5, 5.41) is 11.9. The third kappa shape index (κ3) is 2.76. The minimum absolute atomic E-state index is 0.317. The van der Waals surface area contributed by atoms with Crippen LogP contribution in [0.3, 0.4) is 0 Å². The van der Waals surface area contributed by atoms with Crippen LogP contribution in [-0.4, -0.2) is 45.9 Å². The summed E-state index contributed by atoms with van der Waals surface area (Å²) in [6.07, 6.45) is 3.69. The number of carbonyl (C=O) groups excluding carboxylic acids is 2. The second kappa shape index (κ2) is 5.59. The van der Waals surface area contributed by atoms with E-state index < -0.39 is 29.4 Å². The first-order chi connectivity index (χ1) is 9.86. The molecule has 1 aromatic heterocycles. The molecule has 1 aliphatic heterocycles. The molecule has 0 aromatic carbocycles. The fourth-order valence-electron chi connectivity index (χ4n) is 2.51. The van der Waals surface area contributed by atoms with E-state index in [1.807, 2.05) is 0 Å². The summed E-state index contributed by atoms with van der Waals surface area (Å²) in [5.74, 6) is -1.85. The van der Waals surface area contributed by atoms with E-state index in [1.165, 1.54) is 30.4 Å². The van der Waals surface area contributed by atoms with Gasteiger partial charge in [0.2, 0.25) is 5.91 Å². The molecule has 0 spiro atoms. The Morgan fingerprint density at radius 1 is 1.48 bits per heavy atom. The molecular formula is C14H18N2O5. The van der Waals surface area contributed by atoms with Crippen molar-refractivity contribution in [1.29, 1.82) is 0 Å². The Morgan fingerprint density at radius 2 is 2.19 bits per heavy atom. The molecule has 1 aliphatic rings. The van der Waals surface area contributed by atoms with Crippen LogP contribution in [0.1, 0.15) is 37.0 Å². The molecule has 7 nitrogen and oxygen atoms in total. The zero-order valence-corrected chi connectivity index (χ0v) is 12.0. The molecule has 2 unspecified atom stereocenters. The first-order valence-corrected chi connectivity index (χ1v) is 6.74. The lowest BCUT2D eigenvalue weighted by Crippen LogP contribution is -2.56. The van der Waals surface area contributed by atoms with Crippen LogP contribution in [-0.2, 0) is 9.59 Å². The number of carboxylic acids is 1. The lowest BCUT2D eigenvalue weighted by Gasteiger charge is -2.33. The van der Waals surface area contributed by atoms with Gasteiger partial charge in [-0.1, -0.05) is 0 Å². The van der Waals surface area contributed by atoms with Crippen molar-refractivity contribution in [3.05, 3.63) is 24.2 Å². The highest BCUT2D eigenvalue weighted by Gasteiger charge is 2.46. The number of carbonyl (C=O) groups is 3. The van der Waals surface area contributed by atoms with Gasteiger partial charge in [-0.15, -0.1) is 0 Å². The van der Waals surface area contributed by atoms with Gasteiger partial charge in [-0.05, 0) is 32.8 Å².